The van der Waals surface area contributed by atoms with E-state index in [0.717, 1.165) is 5.56 Å². The topological polar surface area (TPSA) is 123 Å². The number of nitrogens with one attached hydrogen (secondary N) is 3. The lowest BCUT2D eigenvalue weighted by atomic mass is 9.94. The van der Waals surface area contributed by atoms with Crippen molar-refractivity contribution in [1.29, 1.82) is 0 Å². The molecule has 0 aromatic heterocycles. The Morgan fingerprint density at radius 3 is 2.08 bits per heavy atom. The van der Waals surface area contributed by atoms with Crippen molar-refractivity contribution in [3.05, 3.63) is 35.9 Å². The molecule has 214 valence electrons. The van der Waals surface area contributed by atoms with E-state index >= 15 is 0 Å². The molecule has 38 heavy (non-hydrogen) atoms. The minimum Gasteiger partial charge on any atom is -0.461 e. The van der Waals surface area contributed by atoms with Gasteiger partial charge in [-0.1, -0.05) is 58.0 Å². The van der Waals surface area contributed by atoms with Crippen LogP contribution in [0, 0.1) is 23.7 Å². The third-order valence-corrected chi connectivity index (χ3v) is 5.75. The molecule has 0 fully saturated rings. The lowest BCUT2D eigenvalue weighted by molar-refractivity contribution is -0.150. The maximum absolute atomic E-state index is 12.8. The summed E-state index contributed by atoms with van der Waals surface area (Å²) in [7, 11) is 0. The quantitative estimate of drug-likeness (QED) is 0.308. The Labute approximate surface area is 227 Å². The summed E-state index contributed by atoms with van der Waals surface area (Å²) in [5.74, 6) is -1.60. The van der Waals surface area contributed by atoms with Crippen LogP contribution in [-0.2, 0) is 30.5 Å². The second-order valence-electron chi connectivity index (χ2n) is 11.6. The molecule has 1 rings (SSSR count). The monoisotopic (exact) mass is 533 g/mol. The number of carbonyl (C=O) groups excluding carboxylic acids is 4. The van der Waals surface area contributed by atoms with Crippen LogP contribution in [0.4, 0.5) is 4.79 Å². The van der Waals surface area contributed by atoms with Gasteiger partial charge in [0.05, 0.1) is 11.8 Å². The zero-order valence-electron chi connectivity index (χ0n) is 24.3. The molecule has 0 spiro atoms. The van der Waals surface area contributed by atoms with Crippen molar-refractivity contribution in [3.8, 4) is 0 Å². The maximum Gasteiger partial charge on any atom is 0.407 e. The zero-order chi connectivity index (χ0) is 28.9. The highest BCUT2D eigenvalue weighted by molar-refractivity contribution is 5.82. The fraction of sp³-hybridized carbons (Fsp3) is 0.655. The third kappa shape index (κ3) is 14.0. The van der Waals surface area contributed by atoms with Gasteiger partial charge in [-0.25, -0.2) is 4.79 Å². The van der Waals surface area contributed by atoms with E-state index in [0.29, 0.717) is 6.42 Å². The summed E-state index contributed by atoms with van der Waals surface area (Å²) in [6.45, 7) is 15.3. The van der Waals surface area contributed by atoms with Crippen LogP contribution < -0.4 is 16.0 Å². The number of ether oxygens (including phenoxy) is 2. The molecule has 0 radical (unpaired) electrons. The van der Waals surface area contributed by atoms with E-state index in [9.17, 15) is 19.2 Å². The number of amides is 3. The minimum atomic E-state index is -0.631. The number of alkyl carbamates (subject to hydrolysis) is 1. The minimum absolute atomic E-state index is 0.0374. The smallest absolute Gasteiger partial charge is 0.407 e. The summed E-state index contributed by atoms with van der Waals surface area (Å²) in [4.78, 5) is 50.1. The number of hydrogen-bond donors (Lipinski definition) is 3. The number of esters is 1. The summed E-state index contributed by atoms with van der Waals surface area (Å²) in [5, 5.41) is 8.33. The molecule has 0 saturated heterocycles. The van der Waals surface area contributed by atoms with Gasteiger partial charge in [0.1, 0.15) is 12.2 Å². The fourth-order valence-corrected chi connectivity index (χ4v) is 3.81. The molecule has 3 atom stereocenters. The summed E-state index contributed by atoms with van der Waals surface area (Å²) < 4.78 is 10.7. The van der Waals surface area contributed by atoms with Crippen LogP contribution in [0.5, 0.6) is 0 Å². The van der Waals surface area contributed by atoms with E-state index in [4.69, 9.17) is 9.47 Å². The van der Waals surface area contributed by atoms with Crippen LogP contribution in [-0.4, -0.2) is 48.6 Å². The number of hydrogen-bond acceptors (Lipinski definition) is 6. The Bertz CT molecular complexity index is 895. The zero-order valence-corrected chi connectivity index (χ0v) is 24.3. The lowest BCUT2D eigenvalue weighted by Crippen LogP contribution is -2.46. The number of rotatable bonds is 14. The predicted octanol–water partition coefficient (Wildman–Crippen LogP) is 4.20. The third-order valence-electron chi connectivity index (χ3n) is 5.75. The van der Waals surface area contributed by atoms with Gasteiger partial charge in [-0.05, 0) is 51.5 Å². The van der Waals surface area contributed by atoms with Crippen LogP contribution in [0.15, 0.2) is 30.3 Å². The van der Waals surface area contributed by atoms with Gasteiger partial charge >= 0.3 is 12.1 Å². The van der Waals surface area contributed by atoms with E-state index < -0.39 is 29.6 Å². The van der Waals surface area contributed by atoms with Crippen molar-refractivity contribution in [2.75, 3.05) is 13.1 Å². The largest absolute Gasteiger partial charge is 0.461 e. The lowest BCUT2D eigenvalue weighted by Gasteiger charge is -2.25. The van der Waals surface area contributed by atoms with E-state index in [1.165, 1.54) is 0 Å². The molecular weight excluding hydrogens is 486 g/mol. The van der Waals surface area contributed by atoms with E-state index in [2.05, 4.69) is 16.0 Å². The van der Waals surface area contributed by atoms with Crippen LogP contribution in [0.25, 0.3) is 0 Å². The van der Waals surface area contributed by atoms with Crippen LogP contribution >= 0.6 is 0 Å². The maximum atomic E-state index is 12.8. The average molecular weight is 534 g/mol. The van der Waals surface area contributed by atoms with Gasteiger partial charge in [0.25, 0.3) is 0 Å². The standard InChI is InChI=1S/C29H47N3O6/c1-19(2)14-23(27(35)37-18-22-12-10-9-11-13-22)16-30-25(33)15-21(5)32-26(34)24(20(3)4)17-31-28(36)38-29(6,7)8/h9-13,19-21,23-24H,14-18H2,1-8H3,(H,30,33)(H,31,36)(H,32,34)/t21-,23-,24+/m0/s1. The van der Waals surface area contributed by atoms with Gasteiger partial charge in [-0.15, -0.1) is 0 Å². The summed E-state index contributed by atoms with van der Waals surface area (Å²) >= 11 is 0. The molecule has 0 bridgehead atoms. The van der Waals surface area contributed by atoms with Crippen molar-refractivity contribution in [1.82, 2.24) is 16.0 Å². The predicted molar refractivity (Wildman–Crippen MR) is 147 cm³/mol. The SMILES string of the molecule is CC(C)C[C@@H](CNC(=O)C[C@H](C)NC(=O)[C@H](CNC(=O)OC(C)(C)C)C(C)C)C(=O)OCc1ccccc1. The Balaban J connectivity index is 2.56. The van der Waals surface area contributed by atoms with Crippen molar-refractivity contribution in [2.45, 2.75) is 86.5 Å². The Morgan fingerprint density at radius 1 is 0.895 bits per heavy atom. The Kier molecular flexibility index (Phi) is 13.9. The first kappa shape index (κ1) is 32.9. The van der Waals surface area contributed by atoms with Crippen LogP contribution in [0.3, 0.4) is 0 Å². The van der Waals surface area contributed by atoms with Crippen molar-refractivity contribution >= 4 is 23.9 Å². The van der Waals surface area contributed by atoms with E-state index in [1.54, 1.807) is 27.7 Å². The summed E-state index contributed by atoms with van der Waals surface area (Å²) in [6.07, 6.45) is 0.0614. The second kappa shape index (κ2) is 16.0. The van der Waals surface area contributed by atoms with Gasteiger partial charge < -0.3 is 25.4 Å². The first-order chi connectivity index (χ1) is 17.7. The molecule has 0 heterocycles. The Morgan fingerprint density at radius 2 is 1.53 bits per heavy atom. The van der Waals surface area contributed by atoms with Gasteiger partial charge in [-0.2, -0.15) is 0 Å². The van der Waals surface area contributed by atoms with Crippen molar-refractivity contribution < 1.29 is 28.7 Å². The van der Waals surface area contributed by atoms with Gasteiger partial charge in [0.15, 0.2) is 0 Å². The van der Waals surface area contributed by atoms with Crippen molar-refractivity contribution in [2.24, 2.45) is 23.7 Å². The molecule has 1 aromatic carbocycles. The molecule has 0 aliphatic heterocycles. The average Bonchev–Trinajstić information content (AvgIpc) is 2.79. The highest BCUT2D eigenvalue weighted by Crippen LogP contribution is 2.15. The molecule has 0 unspecified atom stereocenters. The highest BCUT2D eigenvalue weighted by atomic mass is 16.6. The molecular formula is C29H47N3O6. The first-order valence-corrected chi connectivity index (χ1v) is 13.4. The molecule has 3 N–H and O–H groups in total. The Hall–Kier alpha value is -3.10. The highest BCUT2D eigenvalue weighted by Gasteiger charge is 2.27. The molecule has 0 aliphatic rings. The van der Waals surface area contributed by atoms with Gasteiger partial charge in [0.2, 0.25) is 11.8 Å². The van der Waals surface area contributed by atoms with E-state index in [1.807, 2.05) is 58.0 Å². The van der Waals surface area contributed by atoms with Gasteiger partial charge in [0, 0.05) is 25.6 Å². The van der Waals surface area contributed by atoms with Crippen LogP contribution in [0.2, 0.25) is 0 Å². The van der Waals surface area contributed by atoms with Crippen molar-refractivity contribution in [3.63, 3.8) is 0 Å². The second-order valence-corrected chi connectivity index (χ2v) is 11.6. The van der Waals surface area contributed by atoms with Crippen LogP contribution in [0.1, 0.15) is 73.8 Å². The number of benzene rings is 1. The normalized spacial score (nSPS) is 13.8. The molecule has 3 amide bonds. The summed E-state index contributed by atoms with van der Waals surface area (Å²) in [5.41, 5.74) is 0.271. The molecule has 1 aromatic rings. The first-order valence-electron chi connectivity index (χ1n) is 13.4. The fourth-order valence-electron chi connectivity index (χ4n) is 3.81. The summed E-state index contributed by atoms with van der Waals surface area (Å²) in [6, 6.07) is 9.01. The molecule has 9 heteroatoms. The molecule has 0 saturated carbocycles. The van der Waals surface area contributed by atoms with E-state index in [-0.39, 0.29) is 55.7 Å². The number of carbonyl (C=O) groups is 4. The molecule has 9 nitrogen and oxygen atoms in total. The molecule has 0 aliphatic carbocycles. The van der Waals surface area contributed by atoms with Gasteiger partial charge in [-0.3, -0.25) is 14.4 Å².